The highest BCUT2D eigenvalue weighted by molar-refractivity contribution is 7.88. The molecule has 0 bridgehead atoms. The normalized spacial score (nSPS) is 13.8. The lowest BCUT2D eigenvalue weighted by Gasteiger charge is -2.15. The van der Waals surface area contributed by atoms with Crippen molar-refractivity contribution in [3.63, 3.8) is 0 Å². The van der Waals surface area contributed by atoms with Crippen molar-refractivity contribution >= 4 is 98.3 Å². The molecule has 3 aromatic carbocycles. The molecule has 3 unspecified atom stereocenters. The van der Waals surface area contributed by atoms with Crippen molar-refractivity contribution in [3.8, 4) is 11.8 Å². The summed E-state index contributed by atoms with van der Waals surface area (Å²) in [5, 5.41) is 33.7. The molecule has 0 aliphatic heterocycles. The standard InChI is InChI=1S/C29H27N9O12S5/c1-3-51(39)11-9-32-29-26(16(2)21(15-30)28(33-29)31-8-10-50-53(42)43)35-34-22-6-4-17(12-25(22)55(47,48)49)38-36-23-7-5-19-20(27(23)37-38)13-18(52(40)41)14-24(19)54(44,45)46/h3-7,12-14H,1,8-11H2,2H3,(H,40,41)(H,42,43)(H2,31,32,33)(H,44,45,46)(H,47,48,49). The van der Waals surface area contributed by atoms with Crippen LogP contribution in [0, 0.1) is 18.3 Å². The summed E-state index contributed by atoms with van der Waals surface area (Å²) in [4.78, 5) is 3.55. The molecule has 55 heavy (non-hydrogen) atoms. The topological polar surface area (TPSA) is 326 Å². The molecule has 0 fully saturated rings. The largest absolute Gasteiger partial charge is 0.367 e. The van der Waals surface area contributed by atoms with Gasteiger partial charge in [0, 0.05) is 46.0 Å². The van der Waals surface area contributed by atoms with Crippen LogP contribution in [0.1, 0.15) is 11.1 Å². The predicted octanol–water partition coefficient (Wildman–Crippen LogP) is 3.51. The third-order valence-corrected chi connectivity index (χ3v) is 11.3. The zero-order chi connectivity index (χ0) is 40.2. The minimum absolute atomic E-state index is 0.00826. The quantitative estimate of drug-likeness (QED) is 0.0358. The first-order chi connectivity index (χ1) is 25.9. The van der Waals surface area contributed by atoms with Crippen LogP contribution in [0.3, 0.4) is 0 Å². The molecule has 0 amide bonds. The van der Waals surface area contributed by atoms with Gasteiger partial charge in [-0.25, -0.2) is 9.19 Å². The van der Waals surface area contributed by atoms with Crippen molar-refractivity contribution in [3.05, 3.63) is 65.6 Å². The summed E-state index contributed by atoms with van der Waals surface area (Å²) in [6.45, 7) is 4.78. The molecule has 0 aliphatic carbocycles. The Morgan fingerprint density at radius 1 is 0.945 bits per heavy atom. The van der Waals surface area contributed by atoms with Gasteiger partial charge in [0.25, 0.3) is 20.2 Å². The zero-order valence-corrected chi connectivity index (χ0v) is 32.0. The Labute approximate surface area is 319 Å². The van der Waals surface area contributed by atoms with Crippen molar-refractivity contribution < 1.29 is 51.9 Å². The molecule has 6 N–H and O–H groups in total. The summed E-state index contributed by atoms with van der Waals surface area (Å²) in [5.41, 5.74) is -0.131. The van der Waals surface area contributed by atoms with Crippen LogP contribution < -0.4 is 10.6 Å². The minimum Gasteiger partial charge on any atom is -0.367 e. The summed E-state index contributed by atoms with van der Waals surface area (Å²) < 4.78 is 127. The summed E-state index contributed by atoms with van der Waals surface area (Å²) in [7, 11) is -11.3. The molecule has 3 atom stereocenters. The molecule has 2 heterocycles. The molecule has 2 aromatic heterocycles. The van der Waals surface area contributed by atoms with Crippen LogP contribution in [0.2, 0.25) is 0 Å². The van der Waals surface area contributed by atoms with Crippen molar-refractivity contribution in [2.45, 2.75) is 21.6 Å². The van der Waals surface area contributed by atoms with Gasteiger partial charge in [0.15, 0.2) is 16.9 Å². The number of anilines is 2. The van der Waals surface area contributed by atoms with Crippen molar-refractivity contribution in [1.29, 1.82) is 5.26 Å². The van der Waals surface area contributed by atoms with E-state index in [0.29, 0.717) is 0 Å². The average molecular weight is 854 g/mol. The number of nitrogens with one attached hydrogen (secondary N) is 2. The van der Waals surface area contributed by atoms with Gasteiger partial charge in [0.2, 0.25) is 0 Å². The van der Waals surface area contributed by atoms with Gasteiger partial charge in [-0.05, 0) is 48.7 Å². The van der Waals surface area contributed by atoms with Crippen molar-refractivity contribution in [1.82, 2.24) is 20.0 Å². The van der Waals surface area contributed by atoms with Crippen LogP contribution in [0.15, 0.2) is 79.4 Å². The molecule has 0 saturated heterocycles. The van der Waals surface area contributed by atoms with Gasteiger partial charge in [-0.15, -0.1) is 20.4 Å². The Bertz CT molecular complexity index is 2730. The second-order valence-corrected chi connectivity index (χ2v) is 16.8. The van der Waals surface area contributed by atoms with Gasteiger partial charge in [0.05, 0.1) is 22.8 Å². The third-order valence-electron chi connectivity index (χ3n) is 7.49. The lowest BCUT2D eigenvalue weighted by atomic mass is 10.1. The van der Waals surface area contributed by atoms with Crippen LogP contribution in [-0.4, -0.2) is 93.1 Å². The van der Waals surface area contributed by atoms with E-state index in [2.05, 4.69) is 46.8 Å². The number of rotatable bonds is 16. The predicted molar refractivity (Wildman–Crippen MR) is 200 cm³/mol. The SMILES string of the molecule is C=CS(=O)CCNc1nc(NCCOS(=O)O)c(C#N)c(C)c1N=Nc1ccc(-n2nc3ccc4c(S(=O)(=O)O)cc(S(=O)O)cc4c3n2)cc1S(=O)(=O)O. The number of fused-ring (bicyclic) bond motifs is 3. The fourth-order valence-corrected chi connectivity index (χ4v) is 7.63. The fraction of sp³-hybridized carbons (Fsp3) is 0.172. The Morgan fingerprint density at radius 3 is 2.29 bits per heavy atom. The van der Waals surface area contributed by atoms with Gasteiger partial charge < -0.3 is 15.2 Å². The maximum Gasteiger partial charge on any atom is 0.301 e. The molecule has 5 aromatic rings. The summed E-state index contributed by atoms with van der Waals surface area (Å²) in [5.74, 6) is 0.151. The van der Waals surface area contributed by atoms with E-state index in [1.807, 2.05) is 6.07 Å². The van der Waals surface area contributed by atoms with Crippen molar-refractivity contribution in [2.75, 3.05) is 36.1 Å². The van der Waals surface area contributed by atoms with Gasteiger partial charge in [-0.1, -0.05) is 12.6 Å². The molecule has 0 aliphatic rings. The number of pyridine rings is 1. The number of hydrogen-bond acceptors (Lipinski definition) is 16. The maximum absolute atomic E-state index is 12.6. The van der Waals surface area contributed by atoms with Crippen molar-refractivity contribution in [2.24, 2.45) is 10.2 Å². The average Bonchev–Trinajstić information content (AvgIpc) is 3.57. The summed E-state index contributed by atoms with van der Waals surface area (Å²) in [6, 6.07) is 10.1. The van der Waals surface area contributed by atoms with Crippen LogP contribution in [0.4, 0.5) is 23.0 Å². The highest BCUT2D eigenvalue weighted by Crippen LogP contribution is 2.37. The Morgan fingerprint density at radius 2 is 1.65 bits per heavy atom. The van der Waals surface area contributed by atoms with Crippen LogP contribution >= 0.6 is 0 Å². The smallest absolute Gasteiger partial charge is 0.301 e. The van der Waals surface area contributed by atoms with E-state index in [4.69, 9.17) is 4.55 Å². The molecular weight excluding hydrogens is 827 g/mol. The first-order valence-electron chi connectivity index (χ1n) is 15.0. The van der Waals surface area contributed by atoms with E-state index in [0.717, 1.165) is 23.0 Å². The van der Waals surface area contributed by atoms with E-state index in [1.54, 1.807) is 0 Å². The van der Waals surface area contributed by atoms with Crippen LogP contribution in [0.25, 0.3) is 27.5 Å². The molecule has 26 heteroatoms. The number of hydrogen-bond donors (Lipinski definition) is 6. The van der Waals surface area contributed by atoms with Gasteiger partial charge >= 0.3 is 11.4 Å². The Hall–Kier alpha value is -4.95. The monoisotopic (exact) mass is 853 g/mol. The Kier molecular flexibility index (Phi) is 12.6. The third kappa shape index (κ3) is 9.48. The molecular formula is C29H27N9O12S5. The lowest BCUT2D eigenvalue weighted by Crippen LogP contribution is -2.15. The highest BCUT2D eigenvalue weighted by Gasteiger charge is 2.23. The summed E-state index contributed by atoms with van der Waals surface area (Å²) >= 11 is -5.18. The number of nitrogens with zero attached hydrogens (tertiary/aromatic N) is 7. The number of nitriles is 1. The van der Waals surface area contributed by atoms with E-state index in [1.165, 1.54) is 36.6 Å². The second-order valence-electron chi connectivity index (χ2n) is 10.9. The van der Waals surface area contributed by atoms with Gasteiger partial charge in [-0.2, -0.15) is 31.1 Å². The molecule has 21 nitrogen and oxygen atoms in total. The molecule has 0 radical (unpaired) electrons. The van der Waals surface area contributed by atoms with E-state index in [-0.39, 0.29) is 92.0 Å². The van der Waals surface area contributed by atoms with Crippen LogP contribution in [-0.2, 0) is 57.7 Å². The fourth-order valence-electron chi connectivity index (χ4n) is 5.04. The Balaban J connectivity index is 1.59. The summed E-state index contributed by atoms with van der Waals surface area (Å²) in [6.07, 6.45) is 0. The molecule has 290 valence electrons. The van der Waals surface area contributed by atoms with E-state index < -0.39 is 63.3 Å². The van der Waals surface area contributed by atoms with Gasteiger partial charge in [0.1, 0.15) is 44.1 Å². The first kappa shape index (κ1) is 41.2. The second kappa shape index (κ2) is 16.8. The zero-order valence-electron chi connectivity index (χ0n) is 27.9. The molecule has 5 rings (SSSR count). The van der Waals surface area contributed by atoms with Crippen LogP contribution in [0.5, 0.6) is 0 Å². The van der Waals surface area contributed by atoms with E-state index in [9.17, 15) is 48.4 Å². The van der Waals surface area contributed by atoms with Gasteiger partial charge in [-0.3, -0.25) is 22.1 Å². The molecule has 0 saturated carbocycles. The lowest BCUT2D eigenvalue weighted by molar-refractivity contribution is 0.319. The molecule has 0 spiro atoms. The maximum atomic E-state index is 12.6. The first-order valence-corrected chi connectivity index (χ1v) is 21.4. The highest BCUT2D eigenvalue weighted by atomic mass is 32.2. The minimum atomic E-state index is -5.02. The number of benzene rings is 3. The number of aromatic nitrogens is 4. The van der Waals surface area contributed by atoms with E-state index >= 15 is 0 Å². The number of azo groups is 1.